The predicted octanol–water partition coefficient (Wildman–Crippen LogP) is 7.00. The van der Waals surface area contributed by atoms with Crippen LogP contribution in [-0.2, 0) is 6.42 Å². The zero-order valence-electron chi connectivity index (χ0n) is 13.9. The minimum absolute atomic E-state index is 0.998. The van der Waals surface area contributed by atoms with E-state index in [0.717, 1.165) is 27.8 Å². The lowest BCUT2D eigenvalue weighted by molar-refractivity contribution is 0.795. The normalized spacial score (nSPS) is 11.1. The predicted molar refractivity (Wildman–Crippen MR) is 111 cm³/mol. The summed E-state index contributed by atoms with van der Waals surface area (Å²) in [6.45, 7) is 2.23. The van der Waals surface area contributed by atoms with Gasteiger partial charge in [0.05, 0.1) is 16.3 Å². The summed E-state index contributed by atoms with van der Waals surface area (Å²) >= 11 is 5.05. The van der Waals surface area contributed by atoms with Gasteiger partial charge in [0.1, 0.15) is 0 Å². The molecule has 25 heavy (non-hydrogen) atoms. The molecule has 0 aliphatic rings. The number of rotatable bonds is 6. The van der Waals surface area contributed by atoms with Crippen molar-refractivity contribution in [2.24, 2.45) is 0 Å². The third-order valence-electron chi connectivity index (χ3n) is 4.03. The Morgan fingerprint density at radius 2 is 1.56 bits per heavy atom. The first-order chi connectivity index (χ1) is 12.3. The van der Waals surface area contributed by atoms with Crippen LogP contribution in [0, 0.1) is 0 Å². The molecule has 126 valence electrons. The van der Waals surface area contributed by atoms with Gasteiger partial charge in [-0.3, -0.25) is 0 Å². The molecule has 0 aliphatic carbocycles. The van der Waals surface area contributed by atoms with E-state index in [9.17, 15) is 0 Å². The van der Waals surface area contributed by atoms with Crippen LogP contribution in [0.5, 0.6) is 0 Å². The molecular formula is C20H18N2S3. The molecule has 5 heteroatoms. The zero-order chi connectivity index (χ0) is 17.1. The highest BCUT2D eigenvalue weighted by molar-refractivity contribution is 7.20. The van der Waals surface area contributed by atoms with E-state index < -0.39 is 0 Å². The van der Waals surface area contributed by atoms with Gasteiger partial charge in [0, 0.05) is 16.3 Å². The summed E-state index contributed by atoms with van der Waals surface area (Å²) in [6, 6.07) is 13.0. The van der Waals surface area contributed by atoms with Crippen molar-refractivity contribution in [3.63, 3.8) is 0 Å². The number of hydrogen-bond donors (Lipinski definition) is 0. The maximum absolute atomic E-state index is 4.81. The van der Waals surface area contributed by atoms with Crippen molar-refractivity contribution in [2.75, 3.05) is 0 Å². The van der Waals surface area contributed by atoms with Crippen LogP contribution in [0.1, 0.15) is 25.3 Å². The van der Waals surface area contributed by atoms with Gasteiger partial charge >= 0.3 is 0 Å². The second kappa shape index (κ2) is 7.60. The van der Waals surface area contributed by atoms with Gasteiger partial charge in [-0.15, -0.1) is 34.0 Å². The molecule has 0 saturated carbocycles. The highest BCUT2D eigenvalue weighted by Gasteiger charge is 2.12. The van der Waals surface area contributed by atoms with Crippen LogP contribution < -0.4 is 0 Å². The minimum Gasteiger partial charge on any atom is -0.233 e. The maximum atomic E-state index is 4.81. The monoisotopic (exact) mass is 382 g/mol. The summed E-state index contributed by atoms with van der Waals surface area (Å²) in [5.74, 6) is 0. The fourth-order valence-electron chi connectivity index (χ4n) is 2.64. The first kappa shape index (κ1) is 16.6. The second-order valence-electron chi connectivity index (χ2n) is 5.85. The van der Waals surface area contributed by atoms with Crippen LogP contribution in [0.4, 0.5) is 0 Å². The van der Waals surface area contributed by atoms with Crippen molar-refractivity contribution >= 4 is 34.0 Å². The lowest BCUT2D eigenvalue weighted by Crippen LogP contribution is -1.85. The average Bonchev–Trinajstić information content (AvgIpc) is 3.40. The summed E-state index contributed by atoms with van der Waals surface area (Å²) in [6.07, 6.45) is 3.64. The molecule has 0 amide bonds. The molecule has 4 rings (SSSR count). The van der Waals surface area contributed by atoms with E-state index in [-0.39, 0.29) is 0 Å². The van der Waals surface area contributed by atoms with Crippen LogP contribution in [0.15, 0.2) is 52.5 Å². The zero-order valence-corrected chi connectivity index (χ0v) is 16.4. The summed E-state index contributed by atoms with van der Waals surface area (Å²) in [7, 11) is 0. The van der Waals surface area contributed by atoms with Gasteiger partial charge < -0.3 is 0 Å². The number of unbranched alkanes of at least 4 members (excludes halogenated alkanes) is 1. The van der Waals surface area contributed by atoms with Gasteiger partial charge in [-0.05, 0) is 29.9 Å². The van der Waals surface area contributed by atoms with E-state index in [1.54, 1.807) is 34.0 Å². The van der Waals surface area contributed by atoms with Gasteiger partial charge in [0.25, 0.3) is 0 Å². The van der Waals surface area contributed by atoms with Crippen LogP contribution in [-0.4, -0.2) is 9.97 Å². The highest BCUT2D eigenvalue weighted by atomic mass is 32.1. The third-order valence-corrected chi connectivity index (χ3v) is 6.75. The van der Waals surface area contributed by atoms with E-state index in [1.807, 2.05) is 0 Å². The smallest absolute Gasteiger partial charge is 0.152 e. The highest BCUT2D eigenvalue weighted by Crippen LogP contribution is 2.34. The lowest BCUT2D eigenvalue weighted by Gasteiger charge is -2.01. The number of aryl methyl sites for hydroxylation is 1. The molecular weight excluding hydrogens is 364 g/mol. The molecule has 0 N–H and O–H groups in total. The Morgan fingerprint density at radius 1 is 0.840 bits per heavy atom. The Balaban J connectivity index is 1.54. The fraction of sp³-hybridized carbons (Fsp3) is 0.200. The standard InChI is InChI=1S/C20H18N2S3/c1-2-3-5-14-7-9-15(10-8-14)16-12-24-19(21-16)20-22-17(13-25-20)18-6-4-11-23-18/h4,6-13H,2-3,5H2,1H3. The first-order valence-electron chi connectivity index (χ1n) is 8.38. The molecule has 2 nitrogen and oxygen atoms in total. The number of hydrogen-bond acceptors (Lipinski definition) is 5. The van der Waals surface area contributed by atoms with E-state index in [4.69, 9.17) is 9.97 Å². The molecule has 1 aromatic carbocycles. The number of aromatic nitrogens is 2. The summed E-state index contributed by atoms with van der Waals surface area (Å²) in [5.41, 5.74) is 4.67. The first-order valence-corrected chi connectivity index (χ1v) is 11.0. The van der Waals surface area contributed by atoms with Crippen LogP contribution >= 0.6 is 34.0 Å². The molecule has 0 bridgehead atoms. The molecule has 0 saturated heterocycles. The Morgan fingerprint density at radius 3 is 2.24 bits per heavy atom. The van der Waals surface area contributed by atoms with Gasteiger partial charge in [-0.25, -0.2) is 9.97 Å². The molecule has 0 radical (unpaired) electrons. The summed E-state index contributed by atoms with van der Waals surface area (Å²) in [4.78, 5) is 10.8. The number of nitrogens with zero attached hydrogens (tertiary/aromatic N) is 2. The number of benzene rings is 1. The van der Waals surface area contributed by atoms with Crippen molar-refractivity contribution in [1.29, 1.82) is 0 Å². The Hall–Kier alpha value is -1.82. The average molecular weight is 383 g/mol. The van der Waals surface area contributed by atoms with Crippen molar-refractivity contribution in [1.82, 2.24) is 9.97 Å². The summed E-state index contributed by atoms with van der Waals surface area (Å²) in [5, 5.41) is 8.32. The molecule has 3 heterocycles. The van der Waals surface area contributed by atoms with Gasteiger partial charge in [-0.1, -0.05) is 43.7 Å². The molecule has 4 aromatic rings. The Kier molecular flexibility index (Phi) is 5.06. The van der Waals surface area contributed by atoms with E-state index in [2.05, 4.69) is 59.5 Å². The molecule has 0 fully saturated rings. The van der Waals surface area contributed by atoms with Gasteiger partial charge in [0.15, 0.2) is 10.0 Å². The molecule has 0 atom stereocenters. The van der Waals surface area contributed by atoms with Crippen molar-refractivity contribution < 1.29 is 0 Å². The molecule has 3 aromatic heterocycles. The van der Waals surface area contributed by atoms with Crippen LogP contribution in [0.2, 0.25) is 0 Å². The SMILES string of the molecule is CCCCc1ccc(-c2csc(-c3nc(-c4cccs4)cs3)n2)cc1. The second-order valence-corrected chi connectivity index (χ2v) is 8.52. The van der Waals surface area contributed by atoms with E-state index in [0.29, 0.717) is 0 Å². The van der Waals surface area contributed by atoms with E-state index in [1.165, 1.54) is 28.8 Å². The molecule has 0 aliphatic heterocycles. The lowest BCUT2D eigenvalue weighted by atomic mass is 10.1. The molecule has 0 unspecified atom stereocenters. The number of thiophene rings is 1. The van der Waals surface area contributed by atoms with E-state index >= 15 is 0 Å². The topological polar surface area (TPSA) is 25.8 Å². The quantitative estimate of drug-likeness (QED) is 0.358. The number of thiazole rings is 2. The van der Waals surface area contributed by atoms with Crippen molar-refractivity contribution in [3.8, 4) is 31.8 Å². The third kappa shape index (κ3) is 3.73. The Bertz CT molecular complexity index is 934. The van der Waals surface area contributed by atoms with Crippen LogP contribution in [0.3, 0.4) is 0 Å². The van der Waals surface area contributed by atoms with Gasteiger partial charge in [-0.2, -0.15) is 0 Å². The van der Waals surface area contributed by atoms with Crippen molar-refractivity contribution in [2.45, 2.75) is 26.2 Å². The minimum atomic E-state index is 0.998. The Labute approximate surface area is 159 Å². The fourth-order valence-corrected chi connectivity index (χ4v) is 5.10. The maximum Gasteiger partial charge on any atom is 0.152 e. The molecule has 0 spiro atoms. The van der Waals surface area contributed by atoms with Crippen molar-refractivity contribution in [3.05, 3.63) is 58.1 Å². The van der Waals surface area contributed by atoms with Crippen LogP contribution in [0.25, 0.3) is 31.8 Å². The largest absolute Gasteiger partial charge is 0.233 e. The summed E-state index contributed by atoms with van der Waals surface area (Å²) < 4.78 is 0. The van der Waals surface area contributed by atoms with Gasteiger partial charge in [0.2, 0.25) is 0 Å².